The normalized spacial score (nSPS) is 11.6. The highest BCUT2D eigenvalue weighted by atomic mass is 79.9. The summed E-state index contributed by atoms with van der Waals surface area (Å²) in [4.78, 5) is 5.03. The van der Waals surface area contributed by atoms with E-state index in [4.69, 9.17) is 9.36 Å². The smallest absolute Gasteiger partial charge is 0.185 e. The van der Waals surface area contributed by atoms with Crippen molar-refractivity contribution in [2.45, 2.75) is 6.92 Å². The fraction of sp³-hybridized carbons (Fsp3) is 0.231. The van der Waals surface area contributed by atoms with Gasteiger partial charge in [-0.05, 0) is 6.92 Å². The molecule has 2 rings (SSSR count). The molecule has 1 aromatic carbocycles. The largest absolute Gasteiger partial charge is 0.396 e. The van der Waals surface area contributed by atoms with Crippen LogP contribution in [0, 0.1) is 0 Å². The molecule has 0 saturated heterocycles. The Kier molecular flexibility index (Phi) is 4.52. The maximum atomic E-state index is 5.28. The highest BCUT2D eigenvalue weighted by Gasteiger charge is 2.11. The quantitative estimate of drug-likeness (QED) is 0.482. The lowest BCUT2D eigenvalue weighted by molar-refractivity contribution is 0.158. The molecule has 0 N–H and O–H groups in total. The molecule has 5 heteroatoms. The van der Waals surface area contributed by atoms with Crippen molar-refractivity contribution in [3.05, 3.63) is 42.2 Å². The Bertz CT molecular complexity index is 523. The molecule has 0 saturated carbocycles. The highest BCUT2D eigenvalue weighted by Crippen LogP contribution is 2.19. The third-order valence-corrected chi connectivity index (χ3v) is 2.83. The van der Waals surface area contributed by atoms with Crippen molar-refractivity contribution >= 4 is 21.6 Å². The van der Waals surface area contributed by atoms with Gasteiger partial charge in [0.2, 0.25) is 0 Å². The van der Waals surface area contributed by atoms with Gasteiger partial charge in [0.25, 0.3) is 0 Å². The maximum Gasteiger partial charge on any atom is 0.185 e. The van der Waals surface area contributed by atoms with Gasteiger partial charge in [-0.3, -0.25) is 0 Å². The van der Waals surface area contributed by atoms with E-state index in [2.05, 4.69) is 26.2 Å². The molecule has 1 heterocycles. The molecule has 0 fully saturated rings. The summed E-state index contributed by atoms with van der Waals surface area (Å²) in [5.74, 6) is 0.610. The summed E-state index contributed by atoms with van der Waals surface area (Å²) in [6.45, 7) is 2.40. The number of hydrogen-bond acceptors (Lipinski definition) is 4. The first-order chi connectivity index (χ1) is 8.85. The van der Waals surface area contributed by atoms with E-state index in [1.54, 1.807) is 0 Å². The molecule has 18 heavy (non-hydrogen) atoms. The Morgan fingerprint density at radius 1 is 1.39 bits per heavy atom. The minimum atomic E-state index is 0.524. The topological polar surface area (TPSA) is 47.6 Å². The van der Waals surface area contributed by atoms with Crippen LogP contribution in [0.1, 0.15) is 12.7 Å². The second kappa shape index (κ2) is 6.35. The van der Waals surface area contributed by atoms with Crippen molar-refractivity contribution in [3.63, 3.8) is 0 Å². The van der Waals surface area contributed by atoms with Crippen LogP contribution in [0.5, 0.6) is 0 Å². The molecule has 0 spiro atoms. The zero-order valence-electron chi connectivity index (χ0n) is 9.97. The number of rotatable bonds is 5. The maximum absolute atomic E-state index is 5.28. The first-order valence-electron chi connectivity index (χ1n) is 5.62. The molecular weight excluding hydrogens is 296 g/mol. The van der Waals surface area contributed by atoms with Gasteiger partial charge < -0.3 is 9.36 Å². The summed E-state index contributed by atoms with van der Waals surface area (Å²) >= 11 is 3.35. The molecule has 2 aromatic rings. The van der Waals surface area contributed by atoms with Crippen molar-refractivity contribution in [2.24, 2.45) is 5.16 Å². The average molecular weight is 309 g/mol. The van der Waals surface area contributed by atoms with Crippen LogP contribution in [0.25, 0.3) is 11.3 Å². The third kappa shape index (κ3) is 2.98. The summed E-state index contributed by atoms with van der Waals surface area (Å²) in [5, 5.41) is 8.56. The number of halogens is 1. The molecule has 0 atom stereocenters. The number of aromatic nitrogens is 1. The SMILES string of the molecule is CCON=C(CBr)c1cc(-c2ccccc2)no1. The van der Waals surface area contributed by atoms with E-state index < -0.39 is 0 Å². The molecule has 0 radical (unpaired) electrons. The van der Waals surface area contributed by atoms with E-state index in [9.17, 15) is 0 Å². The zero-order valence-corrected chi connectivity index (χ0v) is 11.6. The van der Waals surface area contributed by atoms with Crippen molar-refractivity contribution < 1.29 is 9.36 Å². The van der Waals surface area contributed by atoms with Gasteiger partial charge in [0, 0.05) is 11.6 Å². The van der Waals surface area contributed by atoms with Crippen LogP contribution in [0.2, 0.25) is 0 Å². The van der Waals surface area contributed by atoms with Gasteiger partial charge in [-0.2, -0.15) is 0 Å². The minimum absolute atomic E-state index is 0.524. The fourth-order valence-electron chi connectivity index (χ4n) is 1.43. The van der Waals surface area contributed by atoms with Gasteiger partial charge in [0.05, 0.1) is 5.33 Å². The summed E-state index contributed by atoms with van der Waals surface area (Å²) in [5.41, 5.74) is 2.49. The van der Waals surface area contributed by atoms with Crippen molar-refractivity contribution in [2.75, 3.05) is 11.9 Å². The van der Waals surface area contributed by atoms with E-state index >= 15 is 0 Å². The highest BCUT2D eigenvalue weighted by molar-refractivity contribution is 9.09. The monoisotopic (exact) mass is 308 g/mol. The first-order valence-corrected chi connectivity index (χ1v) is 6.74. The number of benzene rings is 1. The number of hydrogen-bond donors (Lipinski definition) is 0. The first kappa shape index (κ1) is 12.8. The summed E-state index contributed by atoms with van der Waals surface area (Å²) in [6.07, 6.45) is 0. The molecule has 0 bridgehead atoms. The second-order valence-electron chi connectivity index (χ2n) is 3.53. The lowest BCUT2D eigenvalue weighted by Gasteiger charge is -1.96. The van der Waals surface area contributed by atoms with Gasteiger partial charge in [-0.25, -0.2) is 0 Å². The summed E-state index contributed by atoms with van der Waals surface area (Å²) < 4.78 is 5.28. The minimum Gasteiger partial charge on any atom is -0.396 e. The van der Waals surface area contributed by atoms with E-state index in [0.29, 0.717) is 23.4 Å². The molecule has 0 aliphatic rings. The van der Waals surface area contributed by atoms with E-state index in [1.807, 2.05) is 43.3 Å². The Balaban J connectivity index is 2.25. The number of nitrogens with zero attached hydrogens (tertiary/aromatic N) is 2. The average Bonchev–Trinajstić information content (AvgIpc) is 2.90. The predicted molar refractivity (Wildman–Crippen MR) is 73.9 cm³/mol. The Hall–Kier alpha value is -1.62. The van der Waals surface area contributed by atoms with E-state index in [-0.39, 0.29) is 0 Å². The molecule has 0 aliphatic heterocycles. The summed E-state index contributed by atoms with van der Waals surface area (Å²) in [6, 6.07) is 11.7. The van der Waals surface area contributed by atoms with Crippen LogP contribution >= 0.6 is 15.9 Å². The third-order valence-electron chi connectivity index (χ3n) is 2.29. The zero-order chi connectivity index (χ0) is 12.8. The Morgan fingerprint density at radius 3 is 2.83 bits per heavy atom. The van der Waals surface area contributed by atoms with Gasteiger partial charge in [-0.1, -0.05) is 56.6 Å². The predicted octanol–water partition coefficient (Wildman–Crippen LogP) is 3.48. The fourth-order valence-corrected chi connectivity index (χ4v) is 1.81. The molecule has 1 aromatic heterocycles. The Morgan fingerprint density at radius 2 is 2.17 bits per heavy atom. The molecule has 0 aliphatic carbocycles. The van der Waals surface area contributed by atoms with Gasteiger partial charge in [0.15, 0.2) is 5.76 Å². The van der Waals surface area contributed by atoms with Crippen LogP contribution in [-0.2, 0) is 4.84 Å². The van der Waals surface area contributed by atoms with E-state index in [0.717, 1.165) is 11.3 Å². The van der Waals surface area contributed by atoms with Crippen LogP contribution in [-0.4, -0.2) is 22.8 Å². The van der Waals surface area contributed by atoms with Crippen molar-refractivity contribution in [1.82, 2.24) is 5.16 Å². The summed E-state index contributed by atoms with van der Waals surface area (Å²) in [7, 11) is 0. The second-order valence-corrected chi connectivity index (χ2v) is 4.09. The Labute approximate surface area is 114 Å². The number of oxime groups is 1. The van der Waals surface area contributed by atoms with E-state index in [1.165, 1.54) is 0 Å². The van der Waals surface area contributed by atoms with Gasteiger partial charge in [0.1, 0.15) is 18.0 Å². The van der Waals surface area contributed by atoms with Crippen LogP contribution < -0.4 is 0 Å². The molecule has 4 nitrogen and oxygen atoms in total. The van der Waals surface area contributed by atoms with Crippen molar-refractivity contribution in [1.29, 1.82) is 0 Å². The van der Waals surface area contributed by atoms with Crippen LogP contribution in [0.4, 0.5) is 0 Å². The number of alkyl halides is 1. The van der Waals surface area contributed by atoms with Gasteiger partial charge >= 0.3 is 0 Å². The molecule has 0 amide bonds. The molecule has 0 unspecified atom stereocenters. The van der Waals surface area contributed by atoms with Gasteiger partial charge in [-0.15, -0.1) is 0 Å². The van der Waals surface area contributed by atoms with Crippen LogP contribution in [0.15, 0.2) is 46.1 Å². The van der Waals surface area contributed by atoms with Crippen LogP contribution in [0.3, 0.4) is 0 Å². The lowest BCUT2D eigenvalue weighted by Crippen LogP contribution is -2.01. The standard InChI is InChI=1S/C13H13BrN2O2/c1-2-17-15-12(9-14)13-8-11(16-18-13)10-6-4-3-5-7-10/h3-8H,2,9H2,1H3. The molecular formula is C13H13BrN2O2. The molecule has 94 valence electrons. The van der Waals surface area contributed by atoms with Crippen molar-refractivity contribution in [3.8, 4) is 11.3 Å². The lowest BCUT2D eigenvalue weighted by atomic mass is 10.1.